The van der Waals surface area contributed by atoms with E-state index in [0.717, 1.165) is 45.4 Å². The van der Waals surface area contributed by atoms with E-state index in [1.165, 1.54) is 6.42 Å². The molecular weight excluding hydrogens is 264 g/mol. The van der Waals surface area contributed by atoms with Crippen molar-refractivity contribution in [2.75, 3.05) is 33.2 Å². The van der Waals surface area contributed by atoms with Crippen LogP contribution in [-0.2, 0) is 4.79 Å². The molecule has 2 atom stereocenters. The highest BCUT2D eigenvalue weighted by Gasteiger charge is 2.44. The van der Waals surface area contributed by atoms with Crippen LogP contribution in [0.3, 0.4) is 0 Å². The van der Waals surface area contributed by atoms with Crippen molar-refractivity contribution in [3.63, 3.8) is 0 Å². The molecule has 2 unspecified atom stereocenters. The van der Waals surface area contributed by atoms with Gasteiger partial charge in [-0.25, -0.2) is 0 Å². The van der Waals surface area contributed by atoms with Crippen molar-refractivity contribution in [2.24, 2.45) is 5.73 Å². The zero-order chi connectivity index (χ0) is 15.7. The van der Waals surface area contributed by atoms with Crippen LogP contribution >= 0.6 is 0 Å². The van der Waals surface area contributed by atoms with Gasteiger partial charge in [0, 0.05) is 31.2 Å². The maximum absolute atomic E-state index is 12.0. The summed E-state index contributed by atoms with van der Waals surface area (Å²) >= 11 is 0. The minimum Gasteiger partial charge on any atom is -0.368 e. The second-order valence-electron chi connectivity index (χ2n) is 7.43. The molecule has 5 nitrogen and oxygen atoms in total. The minimum atomic E-state index is -0.495. The van der Waals surface area contributed by atoms with Gasteiger partial charge in [-0.1, -0.05) is 6.92 Å². The van der Waals surface area contributed by atoms with Gasteiger partial charge in [0.25, 0.3) is 0 Å². The molecule has 1 heterocycles. The highest BCUT2D eigenvalue weighted by Crippen LogP contribution is 2.33. The van der Waals surface area contributed by atoms with Gasteiger partial charge in [0.2, 0.25) is 5.91 Å². The van der Waals surface area contributed by atoms with Crippen LogP contribution in [0.25, 0.3) is 0 Å². The Balaban J connectivity index is 2.08. The molecule has 1 aliphatic carbocycles. The molecule has 1 amide bonds. The molecule has 5 heteroatoms. The number of piperazine rings is 1. The summed E-state index contributed by atoms with van der Waals surface area (Å²) in [6.07, 6.45) is 3.99. The van der Waals surface area contributed by atoms with E-state index in [4.69, 9.17) is 5.73 Å². The van der Waals surface area contributed by atoms with Gasteiger partial charge in [-0.15, -0.1) is 0 Å². The van der Waals surface area contributed by atoms with Crippen LogP contribution in [0.2, 0.25) is 0 Å². The first-order chi connectivity index (χ1) is 9.81. The molecule has 2 aliphatic rings. The van der Waals surface area contributed by atoms with Gasteiger partial charge in [-0.2, -0.15) is 0 Å². The molecule has 0 radical (unpaired) electrons. The van der Waals surface area contributed by atoms with Gasteiger partial charge in [0.05, 0.1) is 5.54 Å². The van der Waals surface area contributed by atoms with E-state index < -0.39 is 5.54 Å². The molecule has 0 spiro atoms. The van der Waals surface area contributed by atoms with Gasteiger partial charge < -0.3 is 11.1 Å². The number of carbonyl (C=O) groups excluding carboxylic acids is 1. The quantitative estimate of drug-likeness (QED) is 0.805. The smallest absolute Gasteiger partial charge is 0.237 e. The number of rotatable bonds is 4. The number of hydrogen-bond acceptors (Lipinski definition) is 4. The first-order valence-corrected chi connectivity index (χ1v) is 8.31. The molecule has 122 valence electrons. The van der Waals surface area contributed by atoms with E-state index in [2.05, 4.69) is 36.0 Å². The van der Waals surface area contributed by atoms with E-state index in [-0.39, 0.29) is 11.4 Å². The Morgan fingerprint density at radius 3 is 2.67 bits per heavy atom. The Bertz CT molecular complexity index is 380. The second kappa shape index (κ2) is 6.23. The van der Waals surface area contributed by atoms with Crippen molar-refractivity contribution in [2.45, 2.75) is 63.6 Å². The fourth-order valence-corrected chi connectivity index (χ4v) is 3.96. The van der Waals surface area contributed by atoms with E-state index in [1.54, 1.807) is 0 Å². The van der Waals surface area contributed by atoms with E-state index in [1.807, 2.05) is 6.92 Å². The molecule has 0 aromatic heterocycles. The minimum absolute atomic E-state index is 0.178. The van der Waals surface area contributed by atoms with Crippen LogP contribution in [0.5, 0.6) is 0 Å². The molecule has 21 heavy (non-hydrogen) atoms. The fraction of sp³-hybridized carbons (Fsp3) is 0.938. The van der Waals surface area contributed by atoms with Crippen molar-refractivity contribution < 1.29 is 4.79 Å². The summed E-state index contributed by atoms with van der Waals surface area (Å²) in [7, 11) is 2.20. The van der Waals surface area contributed by atoms with Crippen LogP contribution in [0.15, 0.2) is 0 Å². The maximum Gasteiger partial charge on any atom is 0.237 e. The molecule has 1 saturated heterocycles. The lowest BCUT2D eigenvalue weighted by Crippen LogP contribution is -2.64. The lowest BCUT2D eigenvalue weighted by molar-refractivity contribution is -0.127. The van der Waals surface area contributed by atoms with Crippen molar-refractivity contribution in [3.8, 4) is 0 Å². The molecule has 2 rings (SSSR count). The van der Waals surface area contributed by atoms with Crippen LogP contribution in [-0.4, -0.2) is 66.1 Å². The molecule has 0 aromatic rings. The molecular formula is C16H32N4O. The normalized spacial score (nSPS) is 34.8. The third kappa shape index (κ3) is 3.41. The second-order valence-corrected chi connectivity index (χ2v) is 7.43. The highest BCUT2D eigenvalue weighted by molar-refractivity contribution is 5.84. The topological polar surface area (TPSA) is 61.6 Å². The highest BCUT2D eigenvalue weighted by atomic mass is 16.1. The average molecular weight is 296 g/mol. The monoisotopic (exact) mass is 296 g/mol. The number of likely N-dealkylation sites (N-methyl/N-ethyl adjacent to an activating group) is 2. The summed E-state index contributed by atoms with van der Waals surface area (Å²) in [6, 6.07) is 0.471. The maximum atomic E-state index is 12.0. The van der Waals surface area contributed by atoms with Gasteiger partial charge in [-0.3, -0.25) is 14.6 Å². The van der Waals surface area contributed by atoms with Gasteiger partial charge >= 0.3 is 0 Å². The van der Waals surface area contributed by atoms with Crippen molar-refractivity contribution >= 4 is 5.91 Å². The fourth-order valence-electron chi connectivity index (χ4n) is 3.96. The van der Waals surface area contributed by atoms with Crippen LogP contribution in [0, 0.1) is 0 Å². The van der Waals surface area contributed by atoms with Crippen molar-refractivity contribution in [1.29, 1.82) is 0 Å². The van der Waals surface area contributed by atoms with Gasteiger partial charge in [0.15, 0.2) is 0 Å². The molecule has 1 saturated carbocycles. The lowest BCUT2D eigenvalue weighted by Gasteiger charge is -2.51. The van der Waals surface area contributed by atoms with E-state index >= 15 is 0 Å². The summed E-state index contributed by atoms with van der Waals surface area (Å²) in [5, 5.41) is 3.38. The number of primary amides is 1. The Morgan fingerprint density at radius 1 is 1.38 bits per heavy atom. The number of carbonyl (C=O) groups is 1. The number of nitrogens with one attached hydrogen (secondary N) is 1. The predicted octanol–water partition coefficient (Wildman–Crippen LogP) is 0.789. The zero-order valence-electron chi connectivity index (χ0n) is 14.1. The number of hydrogen-bond donors (Lipinski definition) is 2. The molecule has 0 bridgehead atoms. The van der Waals surface area contributed by atoms with E-state index in [0.29, 0.717) is 6.04 Å². The van der Waals surface area contributed by atoms with E-state index in [9.17, 15) is 4.79 Å². The Hall–Kier alpha value is -0.650. The first-order valence-electron chi connectivity index (χ1n) is 8.31. The number of nitrogens with two attached hydrogens (primary N) is 1. The lowest BCUT2D eigenvalue weighted by atomic mass is 9.77. The Labute approximate surface area is 129 Å². The number of nitrogens with zero attached hydrogens (tertiary/aromatic N) is 2. The third-order valence-electron chi connectivity index (χ3n) is 5.57. The standard InChI is InChI=1S/C16H32N4O/c1-5-18-16(14(17)21)8-6-7-13(11-16)20-10-9-19(4)15(2,3)12-20/h13,18H,5-12H2,1-4H3,(H2,17,21). The van der Waals surface area contributed by atoms with Crippen molar-refractivity contribution in [1.82, 2.24) is 15.1 Å². The van der Waals surface area contributed by atoms with Crippen LogP contribution < -0.4 is 11.1 Å². The number of amides is 1. The van der Waals surface area contributed by atoms with Crippen molar-refractivity contribution in [3.05, 3.63) is 0 Å². The third-order valence-corrected chi connectivity index (χ3v) is 5.57. The average Bonchev–Trinajstić information content (AvgIpc) is 2.42. The SMILES string of the molecule is CCNC1(C(N)=O)CCCC(N2CCN(C)C(C)(C)C2)C1. The molecule has 0 aromatic carbocycles. The summed E-state index contributed by atoms with van der Waals surface area (Å²) in [5.74, 6) is -0.178. The first kappa shape index (κ1) is 16.7. The largest absolute Gasteiger partial charge is 0.368 e. The molecule has 1 aliphatic heterocycles. The molecule has 3 N–H and O–H groups in total. The Kier molecular flexibility index (Phi) is 4.96. The zero-order valence-corrected chi connectivity index (χ0v) is 14.1. The molecule has 2 fully saturated rings. The van der Waals surface area contributed by atoms with Gasteiger partial charge in [-0.05, 0) is 53.1 Å². The summed E-state index contributed by atoms with van der Waals surface area (Å²) in [6.45, 7) is 10.7. The summed E-state index contributed by atoms with van der Waals surface area (Å²) < 4.78 is 0. The Morgan fingerprint density at radius 2 is 2.10 bits per heavy atom. The predicted molar refractivity (Wildman–Crippen MR) is 86.1 cm³/mol. The summed E-state index contributed by atoms with van der Waals surface area (Å²) in [5.41, 5.74) is 5.43. The van der Waals surface area contributed by atoms with Crippen LogP contribution in [0.4, 0.5) is 0 Å². The van der Waals surface area contributed by atoms with Crippen LogP contribution in [0.1, 0.15) is 46.5 Å². The summed E-state index contributed by atoms with van der Waals surface area (Å²) in [4.78, 5) is 17.0. The van der Waals surface area contributed by atoms with Gasteiger partial charge in [0.1, 0.15) is 0 Å².